The fourth-order valence-corrected chi connectivity index (χ4v) is 8.27. The molecule has 0 spiro atoms. The number of carbonyl (C=O) groups is 2. The second-order valence-electron chi connectivity index (χ2n) is 14.9. The fraction of sp³-hybridized carbons (Fsp3) is 0.488. The number of benzene rings is 2. The van der Waals surface area contributed by atoms with Crippen molar-refractivity contribution in [2.45, 2.75) is 72.1 Å². The lowest BCUT2D eigenvalue weighted by atomic mass is 9.84. The van der Waals surface area contributed by atoms with Crippen molar-refractivity contribution in [2.75, 3.05) is 53.1 Å². The lowest BCUT2D eigenvalue weighted by Gasteiger charge is -2.32. The van der Waals surface area contributed by atoms with Crippen LogP contribution in [0, 0.1) is 5.41 Å². The number of aryl methyl sites for hydroxylation is 1. The number of aromatic hydroxyl groups is 1. The largest absolute Gasteiger partial charge is 0.508 e. The van der Waals surface area contributed by atoms with Crippen molar-refractivity contribution in [2.24, 2.45) is 5.41 Å². The molecule has 12 nitrogen and oxygen atoms in total. The van der Waals surface area contributed by atoms with Crippen molar-refractivity contribution in [1.29, 1.82) is 0 Å². The van der Waals surface area contributed by atoms with E-state index in [0.29, 0.717) is 39.1 Å². The predicted octanol–water partition coefficient (Wildman–Crippen LogP) is 6.07. The minimum absolute atomic E-state index is 0.0152. The standard InChI is InChI=1S/C41H54N6O6S/c1-6-46-37-12-11-30(24-34(37)35(25-41(3,4)26-53-27-48)39(46)33-10-9-13-42-38(33)28(2)51-5)31-20-29(21-32(49)23-31)22-36(40(50)47-15-8-7-14-43-47)44-54-45-16-18-52-19-17-45/h9-13,20-21,23-24,27-28,36,43-44,49H,6-8,14-19,22,25-26H2,1-5H3. The van der Waals surface area contributed by atoms with Crippen LogP contribution in [0.25, 0.3) is 33.3 Å². The van der Waals surface area contributed by atoms with Crippen LogP contribution in [0.4, 0.5) is 0 Å². The number of hydrogen-bond acceptors (Lipinski definition) is 11. The number of carbonyl (C=O) groups excluding carboxylic acids is 2. The molecule has 2 aromatic carbocycles. The number of rotatable bonds is 16. The Morgan fingerprint density at radius 1 is 1.13 bits per heavy atom. The second-order valence-corrected chi connectivity index (χ2v) is 15.8. The number of ether oxygens (including phenoxy) is 3. The van der Waals surface area contributed by atoms with Crippen molar-refractivity contribution >= 4 is 35.4 Å². The first-order valence-electron chi connectivity index (χ1n) is 18.9. The van der Waals surface area contributed by atoms with Gasteiger partial charge in [0, 0.05) is 80.0 Å². The van der Waals surface area contributed by atoms with E-state index in [1.165, 1.54) is 12.1 Å². The monoisotopic (exact) mass is 758 g/mol. The number of nitrogens with zero attached hydrogens (tertiary/aromatic N) is 4. The van der Waals surface area contributed by atoms with Crippen molar-refractivity contribution in [3.63, 3.8) is 0 Å². The molecule has 3 N–H and O–H groups in total. The number of hydrogen-bond donors (Lipinski definition) is 3. The third kappa shape index (κ3) is 9.27. The minimum Gasteiger partial charge on any atom is -0.508 e. The van der Waals surface area contributed by atoms with Crippen molar-refractivity contribution in [3.8, 4) is 28.1 Å². The molecule has 4 aromatic rings. The Hall–Kier alpha value is -3.98. The zero-order valence-corrected chi connectivity index (χ0v) is 32.9. The first-order chi connectivity index (χ1) is 26.1. The molecular weight excluding hydrogens is 705 g/mol. The highest BCUT2D eigenvalue weighted by molar-refractivity contribution is 7.95. The van der Waals surface area contributed by atoms with E-state index in [2.05, 4.69) is 70.1 Å². The van der Waals surface area contributed by atoms with Crippen LogP contribution >= 0.6 is 12.1 Å². The van der Waals surface area contributed by atoms with Gasteiger partial charge in [-0.25, -0.2) is 14.5 Å². The molecule has 0 bridgehead atoms. The number of pyridine rings is 1. The number of aromatic nitrogens is 2. The van der Waals surface area contributed by atoms with E-state index >= 15 is 0 Å². The molecular formula is C41H54N6O6S. The van der Waals surface area contributed by atoms with Crippen molar-refractivity contribution < 1.29 is 28.9 Å². The normalized spacial score (nSPS) is 16.7. The second kappa shape index (κ2) is 18.1. The number of phenolic OH excluding ortho intramolecular Hbond substituents is 1. The first kappa shape index (κ1) is 39.7. The van der Waals surface area contributed by atoms with Crippen LogP contribution in [0.15, 0.2) is 54.7 Å². The summed E-state index contributed by atoms with van der Waals surface area (Å²) in [4.78, 5) is 29.9. The molecule has 0 saturated carbocycles. The number of methoxy groups -OCH3 is 1. The highest BCUT2D eigenvalue weighted by atomic mass is 32.2. The molecule has 6 rings (SSSR count). The lowest BCUT2D eigenvalue weighted by Crippen LogP contribution is -2.54. The van der Waals surface area contributed by atoms with Gasteiger partial charge in [-0.15, -0.1) is 0 Å². The third-order valence-corrected chi connectivity index (χ3v) is 11.2. The van der Waals surface area contributed by atoms with Gasteiger partial charge in [0.25, 0.3) is 12.4 Å². The average Bonchev–Trinajstić information content (AvgIpc) is 3.49. The molecule has 54 heavy (non-hydrogen) atoms. The molecule has 2 aliphatic heterocycles. The fourth-order valence-electron chi connectivity index (χ4n) is 7.48. The summed E-state index contributed by atoms with van der Waals surface area (Å²) in [5, 5.41) is 13.9. The van der Waals surface area contributed by atoms with E-state index in [4.69, 9.17) is 19.2 Å². The smallest absolute Gasteiger partial charge is 0.293 e. The third-order valence-electron chi connectivity index (χ3n) is 10.2. The van der Waals surface area contributed by atoms with Crippen LogP contribution in [0.5, 0.6) is 5.75 Å². The molecule has 290 valence electrons. The maximum Gasteiger partial charge on any atom is 0.293 e. The molecule has 2 aliphatic rings. The van der Waals surface area contributed by atoms with Gasteiger partial charge in [-0.2, -0.15) is 0 Å². The highest BCUT2D eigenvalue weighted by Crippen LogP contribution is 2.42. The lowest BCUT2D eigenvalue weighted by molar-refractivity contribution is -0.137. The van der Waals surface area contributed by atoms with Crippen LogP contribution < -0.4 is 10.1 Å². The first-order valence-corrected chi connectivity index (χ1v) is 19.7. The molecule has 4 heterocycles. The van der Waals surface area contributed by atoms with E-state index in [9.17, 15) is 14.7 Å². The summed E-state index contributed by atoms with van der Waals surface area (Å²) in [5.74, 6) is 0.122. The number of morpholine rings is 1. The van der Waals surface area contributed by atoms with Crippen LogP contribution in [0.3, 0.4) is 0 Å². The van der Waals surface area contributed by atoms with Gasteiger partial charge in [-0.05, 0) is 98.2 Å². The van der Waals surface area contributed by atoms with E-state index in [1.807, 2.05) is 13.0 Å². The summed E-state index contributed by atoms with van der Waals surface area (Å²) in [5.41, 5.74) is 10.6. The van der Waals surface area contributed by atoms with Gasteiger partial charge < -0.3 is 23.9 Å². The SMILES string of the molecule is CCn1c(-c2cccnc2C(C)OC)c(CC(C)(C)COC=O)c2cc(-c3cc(O)cc(CC(NSN4CCOCC4)C(=O)N4CCCCN4)c3)ccc21. The van der Waals surface area contributed by atoms with Crippen LogP contribution in [-0.4, -0.2) is 95.5 Å². The number of amides is 1. The number of nitrogens with one attached hydrogen (secondary N) is 2. The zero-order valence-electron chi connectivity index (χ0n) is 32.1. The zero-order chi connectivity index (χ0) is 38.2. The molecule has 2 unspecified atom stereocenters. The predicted molar refractivity (Wildman–Crippen MR) is 212 cm³/mol. The minimum atomic E-state index is -0.521. The van der Waals surface area contributed by atoms with Crippen LogP contribution in [-0.2, 0) is 43.2 Å². The molecule has 2 fully saturated rings. The molecule has 2 atom stereocenters. The van der Waals surface area contributed by atoms with E-state index in [1.54, 1.807) is 30.4 Å². The number of fused-ring (bicyclic) bond motifs is 1. The van der Waals surface area contributed by atoms with Gasteiger partial charge in [0.2, 0.25) is 0 Å². The Balaban J connectivity index is 1.41. The Morgan fingerprint density at radius 2 is 1.94 bits per heavy atom. The van der Waals surface area contributed by atoms with Crippen molar-refractivity contribution in [1.82, 2.24) is 29.0 Å². The van der Waals surface area contributed by atoms with E-state index < -0.39 is 6.04 Å². The molecule has 1 amide bonds. The Kier molecular flexibility index (Phi) is 13.3. The molecule has 2 saturated heterocycles. The molecule has 13 heteroatoms. The summed E-state index contributed by atoms with van der Waals surface area (Å²) in [6, 6.07) is 15.6. The van der Waals surface area contributed by atoms with E-state index in [0.717, 1.165) is 89.1 Å². The Labute approximate surface area is 322 Å². The maximum absolute atomic E-state index is 13.9. The molecule has 2 aromatic heterocycles. The van der Waals surface area contributed by atoms with Crippen LogP contribution in [0.1, 0.15) is 63.5 Å². The number of hydrazine groups is 1. The van der Waals surface area contributed by atoms with E-state index in [-0.39, 0.29) is 29.8 Å². The van der Waals surface area contributed by atoms with Crippen molar-refractivity contribution in [3.05, 3.63) is 71.5 Å². The van der Waals surface area contributed by atoms with Gasteiger partial charge in [0.1, 0.15) is 11.8 Å². The van der Waals surface area contributed by atoms with Gasteiger partial charge in [0.15, 0.2) is 0 Å². The summed E-state index contributed by atoms with van der Waals surface area (Å²) in [6.07, 6.45) is 4.59. The average molecular weight is 759 g/mol. The summed E-state index contributed by atoms with van der Waals surface area (Å²) in [7, 11) is 1.69. The quantitative estimate of drug-likeness (QED) is 0.0910. The molecule has 0 aliphatic carbocycles. The van der Waals surface area contributed by atoms with Gasteiger partial charge in [-0.1, -0.05) is 26.0 Å². The Morgan fingerprint density at radius 3 is 2.67 bits per heavy atom. The summed E-state index contributed by atoms with van der Waals surface area (Å²) in [6.45, 7) is 14.1. The van der Waals surface area contributed by atoms with Gasteiger partial charge in [-0.3, -0.25) is 19.6 Å². The number of phenols is 1. The summed E-state index contributed by atoms with van der Waals surface area (Å²) >= 11 is 1.46. The summed E-state index contributed by atoms with van der Waals surface area (Å²) < 4.78 is 24.6. The van der Waals surface area contributed by atoms with Gasteiger partial charge in [0.05, 0.1) is 37.3 Å². The van der Waals surface area contributed by atoms with Gasteiger partial charge >= 0.3 is 0 Å². The maximum atomic E-state index is 13.9. The van der Waals surface area contributed by atoms with Crippen LogP contribution in [0.2, 0.25) is 0 Å². The Bertz CT molecular complexity index is 1900. The molecule has 0 radical (unpaired) electrons. The highest BCUT2D eigenvalue weighted by Gasteiger charge is 2.30. The topological polar surface area (TPSA) is 130 Å².